The van der Waals surface area contributed by atoms with Gasteiger partial charge in [-0.25, -0.2) is 9.59 Å². The summed E-state index contributed by atoms with van der Waals surface area (Å²) < 4.78 is 22.5. The molecule has 3 atom stereocenters. The molecule has 4 aromatic rings. The molecule has 1 aliphatic rings. The maximum absolute atomic E-state index is 14.3. The van der Waals surface area contributed by atoms with E-state index >= 15 is 0 Å². The zero-order valence-corrected chi connectivity index (χ0v) is 31.1. The van der Waals surface area contributed by atoms with Gasteiger partial charge in [0.1, 0.15) is 29.8 Å². The third-order valence-corrected chi connectivity index (χ3v) is 9.22. The molecule has 55 heavy (non-hydrogen) atoms. The summed E-state index contributed by atoms with van der Waals surface area (Å²) in [6.45, 7) is 2.67. The number of aromatic nitrogens is 1. The van der Waals surface area contributed by atoms with Crippen molar-refractivity contribution < 1.29 is 38.1 Å². The molecular weight excluding hydrogens is 704 g/mol. The lowest BCUT2D eigenvalue weighted by Crippen LogP contribution is -2.44. The van der Waals surface area contributed by atoms with Crippen LogP contribution in [0, 0.1) is 5.92 Å². The molecule has 1 aliphatic heterocycles. The first-order valence-electron chi connectivity index (χ1n) is 18.1. The molecule has 288 valence electrons. The Hall–Kier alpha value is -6.37. The van der Waals surface area contributed by atoms with Crippen LogP contribution in [-0.2, 0) is 43.4 Å². The Balaban J connectivity index is 1.36. The summed E-state index contributed by atoms with van der Waals surface area (Å²) in [7, 11) is 3.13. The number of carbonyl (C=O) groups is 4. The molecule has 2 N–H and O–H groups in total. The van der Waals surface area contributed by atoms with Crippen LogP contribution in [-0.4, -0.2) is 66.8 Å². The highest BCUT2D eigenvalue weighted by atomic mass is 16.5. The minimum absolute atomic E-state index is 0.00434. The van der Waals surface area contributed by atoms with E-state index in [0.717, 1.165) is 16.7 Å². The molecule has 0 bridgehead atoms. The quantitative estimate of drug-likeness (QED) is 0.106. The second-order valence-electron chi connectivity index (χ2n) is 12.9. The Morgan fingerprint density at radius 2 is 1.62 bits per heavy atom. The molecule has 5 rings (SSSR count). The molecule has 1 saturated heterocycles. The number of hydrogen-bond donors (Lipinski definition) is 2. The second-order valence-corrected chi connectivity index (χ2v) is 12.9. The molecule has 1 fully saturated rings. The van der Waals surface area contributed by atoms with Gasteiger partial charge in [0.25, 0.3) is 5.56 Å². The van der Waals surface area contributed by atoms with Gasteiger partial charge in [0.05, 0.1) is 20.8 Å². The van der Waals surface area contributed by atoms with E-state index in [0.29, 0.717) is 31.0 Å². The average Bonchev–Trinajstić information content (AvgIpc) is 3.54. The predicted molar refractivity (Wildman–Crippen MR) is 206 cm³/mol. The maximum Gasteiger partial charge on any atom is 0.412 e. The SMILES string of the molecule is CCOC(=O)/C=C/[C@H](C[C@@H]1CCN(Cc2ccc(OC)cc2OC)C1=O)NC(=O)[C@H](Cc1ccccc1)n1cccc(NC(=O)OCc2ccccc2)c1=O. The summed E-state index contributed by atoms with van der Waals surface area (Å²) in [5.41, 5.74) is 1.68. The first-order valence-corrected chi connectivity index (χ1v) is 18.1. The van der Waals surface area contributed by atoms with Crippen molar-refractivity contribution in [2.24, 2.45) is 5.92 Å². The smallest absolute Gasteiger partial charge is 0.412 e. The van der Waals surface area contributed by atoms with Crippen LogP contribution in [0.1, 0.15) is 42.5 Å². The number of rotatable bonds is 17. The van der Waals surface area contributed by atoms with Gasteiger partial charge in [0, 0.05) is 55.4 Å². The molecule has 13 heteroatoms. The van der Waals surface area contributed by atoms with Gasteiger partial charge in [0.2, 0.25) is 11.8 Å². The van der Waals surface area contributed by atoms with E-state index < -0.39 is 41.5 Å². The molecule has 13 nitrogen and oxygen atoms in total. The van der Waals surface area contributed by atoms with Gasteiger partial charge in [-0.05, 0) is 55.2 Å². The van der Waals surface area contributed by atoms with Crippen LogP contribution < -0.4 is 25.7 Å². The van der Waals surface area contributed by atoms with E-state index in [4.69, 9.17) is 18.9 Å². The standard InChI is InChI=1S/C42H46N4O9/c1-4-54-38(47)20-18-33(25-31-21-23-45(40(31)49)27-32-17-19-34(52-2)26-37(32)53-3)43-39(48)36(24-29-12-7-5-8-13-29)46-22-11-16-35(41(46)50)44-42(51)55-28-30-14-9-6-10-15-30/h5-20,22,26,31,33,36H,4,21,23-25,27-28H2,1-3H3,(H,43,48)(H,44,51)/b20-18+/t31-,33+,36-/m0/s1. The largest absolute Gasteiger partial charge is 0.497 e. The number of pyridine rings is 1. The fourth-order valence-corrected chi connectivity index (χ4v) is 6.40. The number of esters is 1. The number of hydrogen-bond acceptors (Lipinski definition) is 9. The minimum Gasteiger partial charge on any atom is -0.497 e. The van der Waals surface area contributed by atoms with Crippen LogP contribution in [0.25, 0.3) is 0 Å². The second kappa shape index (κ2) is 19.6. The first-order chi connectivity index (χ1) is 26.7. The summed E-state index contributed by atoms with van der Waals surface area (Å²) in [6, 6.07) is 24.9. The van der Waals surface area contributed by atoms with Crippen molar-refractivity contribution in [1.82, 2.24) is 14.8 Å². The summed E-state index contributed by atoms with van der Waals surface area (Å²) in [6.07, 6.45) is 4.25. The molecule has 3 amide bonds. The molecule has 0 unspecified atom stereocenters. The highest BCUT2D eigenvalue weighted by Gasteiger charge is 2.34. The zero-order chi connectivity index (χ0) is 39.2. The number of methoxy groups -OCH3 is 2. The van der Waals surface area contributed by atoms with Crippen molar-refractivity contribution in [3.63, 3.8) is 0 Å². The van der Waals surface area contributed by atoms with Crippen LogP contribution in [0.4, 0.5) is 10.5 Å². The summed E-state index contributed by atoms with van der Waals surface area (Å²) >= 11 is 0. The van der Waals surface area contributed by atoms with Gasteiger partial charge in [-0.1, -0.05) is 66.7 Å². The van der Waals surface area contributed by atoms with Gasteiger partial charge in [-0.3, -0.25) is 19.7 Å². The van der Waals surface area contributed by atoms with E-state index in [9.17, 15) is 24.0 Å². The third-order valence-electron chi connectivity index (χ3n) is 9.22. The lowest BCUT2D eigenvalue weighted by atomic mass is 9.97. The fraction of sp³-hybridized carbons (Fsp3) is 0.310. The molecule has 1 aromatic heterocycles. The number of benzene rings is 3. The van der Waals surface area contributed by atoms with Crippen LogP contribution in [0.15, 0.2) is 114 Å². The molecular formula is C42H46N4O9. The van der Waals surface area contributed by atoms with Gasteiger partial charge in [0.15, 0.2) is 0 Å². The molecule has 0 aliphatic carbocycles. The normalized spacial score (nSPS) is 14.9. The zero-order valence-electron chi connectivity index (χ0n) is 31.1. The van der Waals surface area contributed by atoms with Gasteiger partial charge >= 0.3 is 12.1 Å². The Morgan fingerprint density at radius 3 is 2.31 bits per heavy atom. The summed E-state index contributed by atoms with van der Waals surface area (Å²) in [4.78, 5) is 68.7. The number of nitrogens with one attached hydrogen (secondary N) is 2. The van der Waals surface area contributed by atoms with Crippen molar-refractivity contribution in [1.29, 1.82) is 0 Å². The van der Waals surface area contributed by atoms with E-state index in [1.165, 1.54) is 29.0 Å². The highest BCUT2D eigenvalue weighted by molar-refractivity contribution is 5.86. The minimum atomic E-state index is -1.08. The van der Waals surface area contributed by atoms with E-state index in [1.54, 1.807) is 38.2 Å². The highest BCUT2D eigenvalue weighted by Crippen LogP contribution is 2.30. The van der Waals surface area contributed by atoms with Crippen molar-refractivity contribution in [2.45, 2.75) is 51.4 Å². The number of ether oxygens (including phenoxy) is 4. The molecule has 0 saturated carbocycles. The number of anilines is 1. The number of nitrogens with zero attached hydrogens (tertiary/aromatic N) is 2. The van der Waals surface area contributed by atoms with Crippen molar-refractivity contribution in [3.05, 3.63) is 136 Å². The molecule has 2 heterocycles. The lowest BCUT2D eigenvalue weighted by molar-refractivity contribution is -0.137. The van der Waals surface area contributed by atoms with Crippen LogP contribution in [0.5, 0.6) is 11.5 Å². The van der Waals surface area contributed by atoms with E-state index in [-0.39, 0.29) is 37.6 Å². The van der Waals surface area contributed by atoms with Crippen molar-refractivity contribution in [3.8, 4) is 11.5 Å². The number of likely N-dealkylation sites (tertiary alicyclic amines) is 1. The Kier molecular flexibility index (Phi) is 14.2. The van der Waals surface area contributed by atoms with Gasteiger partial charge in [-0.2, -0.15) is 0 Å². The monoisotopic (exact) mass is 750 g/mol. The van der Waals surface area contributed by atoms with Crippen molar-refractivity contribution >= 4 is 29.6 Å². The lowest BCUT2D eigenvalue weighted by Gasteiger charge is -2.25. The number of carbonyl (C=O) groups excluding carboxylic acids is 4. The van der Waals surface area contributed by atoms with Gasteiger partial charge < -0.3 is 33.7 Å². The summed E-state index contributed by atoms with van der Waals surface area (Å²) in [5, 5.41) is 5.50. The molecule has 0 radical (unpaired) electrons. The van der Waals surface area contributed by atoms with Gasteiger partial charge in [-0.15, -0.1) is 0 Å². The van der Waals surface area contributed by atoms with E-state index in [2.05, 4.69) is 10.6 Å². The Bertz CT molecular complexity index is 2020. The summed E-state index contributed by atoms with van der Waals surface area (Å²) in [5.74, 6) is -0.458. The maximum atomic E-state index is 14.3. The van der Waals surface area contributed by atoms with Crippen LogP contribution in [0.3, 0.4) is 0 Å². The van der Waals surface area contributed by atoms with E-state index in [1.807, 2.05) is 72.8 Å². The van der Waals surface area contributed by atoms with Crippen LogP contribution >= 0.6 is 0 Å². The topological polar surface area (TPSA) is 154 Å². The predicted octanol–water partition coefficient (Wildman–Crippen LogP) is 5.44. The first kappa shape index (κ1) is 39.8. The Labute approximate surface area is 319 Å². The third kappa shape index (κ3) is 11.1. The Morgan fingerprint density at radius 1 is 0.891 bits per heavy atom. The van der Waals surface area contributed by atoms with Crippen molar-refractivity contribution in [2.75, 3.05) is 32.7 Å². The average molecular weight is 751 g/mol. The molecule has 0 spiro atoms. The fourth-order valence-electron chi connectivity index (χ4n) is 6.40. The van der Waals surface area contributed by atoms with Crippen LogP contribution in [0.2, 0.25) is 0 Å². The molecule has 3 aromatic carbocycles. The number of amides is 3.